The summed E-state index contributed by atoms with van der Waals surface area (Å²) in [6, 6.07) is 14.4. The number of nitrogens with two attached hydrogens (primary N) is 2. The van der Waals surface area contributed by atoms with E-state index in [1.165, 1.54) is 0 Å². The van der Waals surface area contributed by atoms with Gasteiger partial charge >= 0.3 is 0 Å². The Morgan fingerprint density at radius 2 is 1.57 bits per heavy atom. The summed E-state index contributed by atoms with van der Waals surface area (Å²) >= 11 is 0. The van der Waals surface area contributed by atoms with Crippen LogP contribution in [0.2, 0.25) is 0 Å². The summed E-state index contributed by atoms with van der Waals surface area (Å²) in [7, 11) is -3.32. The number of sulfone groups is 1. The van der Waals surface area contributed by atoms with Crippen molar-refractivity contribution in [3.8, 4) is 22.4 Å². The monoisotopic (exact) mass is 419 g/mol. The van der Waals surface area contributed by atoms with Crippen LogP contribution in [0.3, 0.4) is 0 Å². The molecule has 7 nitrogen and oxygen atoms in total. The Morgan fingerprint density at radius 3 is 2.23 bits per heavy atom. The molecule has 30 heavy (non-hydrogen) atoms. The van der Waals surface area contributed by atoms with E-state index in [0.29, 0.717) is 16.4 Å². The molecule has 0 saturated heterocycles. The Morgan fingerprint density at radius 1 is 0.867 bits per heavy atom. The number of rotatable bonds is 4. The van der Waals surface area contributed by atoms with Gasteiger partial charge in [-0.15, -0.1) is 0 Å². The lowest BCUT2D eigenvalue weighted by atomic mass is 9.98. The van der Waals surface area contributed by atoms with Gasteiger partial charge in [0.2, 0.25) is 5.95 Å². The highest BCUT2D eigenvalue weighted by molar-refractivity contribution is 7.92. The molecule has 0 aliphatic carbocycles. The van der Waals surface area contributed by atoms with Crippen LogP contribution in [0.5, 0.6) is 0 Å². The molecule has 4 N–H and O–H groups in total. The Bertz CT molecular complexity index is 1350. The van der Waals surface area contributed by atoms with Gasteiger partial charge in [-0.2, -0.15) is 0 Å². The Labute approximate surface area is 174 Å². The van der Waals surface area contributed by atoms with E-state index in [2.05, 4.69) is 15.0 Å². The highest BCUT2D eigenvalue weighted by atomic mass is 32.2. The molecule has 2 aromatic heterocycles. The third kappa shape index (κ3) is 3.46. The molecule has 0 fully saturated rings. The van der Waals surface area contributed by atoms with Crippen molar-refractivity contribution in [3.05, 3.63) is 60.9 Å². The van der Waals surface area contributed by atoms with Gasteiger partial charge in [-0.3, -0.25) is 0 Å². The van der Waals surface area contributed by atoms with Crippen molar-refractivity contribution in [3.63, 3.8) is 0 Å². The van der Waals surface area contributed by atoms with Crippen LogP contribution in [0, 0.1) is 0 Å². The number of hydrogen-bond acceptors (Lipinski definition) is 7. The minimum Gasteiger partial charge on any atom is -0.383 e. The van der Waals surface area contributed by atoms with Crippen LogP contribution in [0.15, 0.2) is 65.8 Å². The first-order valence-electron chi connectivity index (χ1n) is 9.39. The molecule has 0 spiro atoms. The molecule has 4 aromatic rings. The van der Waals surface area contributed by atoms with Gasteiger partial charge in [-0.25, -0.2) is 23.4 Å². The minimum absolute atomic E-state index is 0.198. The maximum Gasteiger partial charge on any atom is 0.220 e. The predicted octanol–water partition coefficient (Wildman–Crippen LogP) is 3.71. The first-order chi connectivity index (χ1) is 14.3. The molecule has 8 heteroatoms. The van der Waals surface area contributed by atoms with E-state index in [-0.39, 0.29) is 5.95 Å². The fourth-order valence-electron chi connectivity index (χ4n) is 3.28. The summed E-state index contributed by atoms with van der Waals surface area (Å²) in [6.45, 7) is 3.34. The van der Waals surface area contributed by atoms with Crippen LogP contribution in [-0.4, -0.2) is 28.6 Å². The van der Waals surface area contributed by atoms with E-state index in [0.717, 1.165) is 27.5 Å². The number of pyridine rings is 1. The van der Waals surface area contributed by atoms with Crippen LogP contribution in [0.1, 0.15) is 13.8 Å². The maximum absolute atomic E-state index is 12.4. The van der Waals surface area contributed by atoms with Crippen molar-refractivity contribution < 1.29 is 8.42 Å². The third-order valence-electron chi connectivity index (χ3n) is 5.00. The van der Waals surface area contributed by atoms with Crippen molar-refractivity contribution in [2.75, 3.05) is 11.5 Å². The second-order valence-electron chi connectivity index (χ2n) is 7.24. The SMILES string of the molecule is CC(C)S(=O)(=O)c1ccc(-c2cnc(N)c3cc(-c4ccnc(N)n4)ccc23)cc1. The third-order valence-corrected chi connectivity index (χ3v) is 7.17. The second-order valence-corrected chi connectivity index (χ2v) is 9.74. The van der Waals surface area contributed by atoms with Crippen LogP contribution in [0.25, 0.3) is 33.2 Å². The van der Waals surface area contributed by atoms with E-state index in [1.54, 1.807) is 56.6 Å². The lowest BCUT2D eigenvalue weighted by molar-refractivity contribution is 0.587. The lowest BCUT2D eigenvalue weighted by Gasteiger charge is -2.12. The summed E-state index contributed by atoms with van der Waals surface area (Å²) in [4.78, 5) is 12.8. The number of nitrogens with zero attached hydrogens (tertiary/aromatic N) is 3. The van der Waals surface area contributed by atoms with Gasteiger partial charge in [0.25, 0.3) is 0 Å². The molecule has 0 aliphatic rings. The van der Waals surface area contributed by atoms with Gasteiger partial charge in [0, 0.05) is 28.9 Å². The zero-order valence-corrected chi connectivity index (χ0v) is 17.4. The maximum atomic E-state index is 12.4. The van der Waals surface area contributed by atoms with Gasteiger partial charge in [0.05, 0.1) is 15.8 Å². The molecule has 0 bridgehead atoms. The van der Waals surface area contributed by atoms with Crippen LogP contribution >= 0.6 is 0 Å². The highest BCUT2D eigenvalue weighted by Gasteiger charge is 2.19. The molecule has 0 amide bonds. The highest BCUT2D eigenvalue weighted by Crippen LogP contribution is 2.34. The number of fused-ring (bicyclic) bond motifs is 1. The molecular formula is C22H21N5O2S. The zero-order chi connectivity index (χ0) is 21.5. The number of hydrogen-bond donors (Lipinski definition) is 2. The summed E-state index contributed by atoms with van der Waals surface area (Å²) < 4.78 is 24.8. The van der Waals surface area contributed by atoms with E-state index in [1.807, 2.05) is 18.2 Å². The van der Waals surface area contributed by atoms with E-state index in [4.69, 9.17) is 11.5 Å². The van der Waals surface area contributed by atoms with E-state index >= 15 is 0 Å². The lowest BCUT2D eigenvalue weighted by Crippen LogP contribution is -2.13. The van der Waals surface area contributed by atoms with E-state index in [9.17, 15) is 8.42 Å². The molecule has 2 heterocycles. The van der Waals surface area contributed by atoms with Gasteiger partial charge in [-0.1, -0.05) is 24.3 Å². The average Bonchev–Trinajstić information content (AvgIpc) is 2.74. The average molecular weight is 420 g/mol. The molecule has 4 rings (SSSR count). The topological polar surface area (TPSA) is 125 Å². The largest absolute Gasteiger partial charge is 0.383 e. The summed E-state index contributed by atoms with van der Waals surface area (Å²) in [5, 5.41) is 1.21. The summed E-state index contributed by atoms with van der Waals surface area (Å²) in [5.41, 5.74) is 15.1. The molecular weight excluding hydrogens is 398 g/mol. The fraction of sp³-hybridized carbons (Fsp3) is 0.136. The number of nitrogen functional groups attached to an aromatic ring is 2. The van der Waals surface area contributed by atoms with Gasteiger partial charge in [0.1, 0.15) is 5.82 Å². The zero-order valence-electron chi connectivity index (χ0n) is 16.6. The van der Waals surface area contributed by atoms with Crippen molar-refractivity contribution in [2.24, 2.45) is 0 Å². The number of aromatic nitrogens is 3. The Balaban J connectivity index is 1.82. The van der Waals surface area contributed by atoms with Crippen LogP contribution < -0.4 is 11.5 Å². The molecule has 0 aliphatic heterocycles. The van der Waals surface area contributed by atoms with Crippen molar-refractivity contribution in [2.45, 2.75) is 24.0 Å². The fourth-order valence-corrected chi connectivity index (χ4v) is 4.34. The standard InChI is InChI=1S/C22H21N5O2S/c1-13(2)30(28,29)16-6-3-14(4-7-16)19-12-26-21(23)18-11-15(5-8-17(18)19)20-9-10-25-22(24)27-20/h3-13H,1-2H3,(H2,23,26)(H2,24,25,27). The number of benzene rings is 2. The molecule has 0 unspecified atom stereocenters. The Hall–Kier alpha value is -3.52. The van der Waals surface area contributed by atoms with Gasteiger partial charge < -0.3 is 11.5 Å². The van der Waals surface area contributed by atoms with Gasteiger partial charge in [0.15, 0.2) is 9.84 Å². The predicted molar refractivity (Wildman–Crippen MR) is 119 cm³/mol. The molecule has 0 atom stereocenters. The second kappa shape index (κ2) is 7.38. The summed E-state index contributed by atoms with van der Waals surface area (Å²) in [6.07, 6.45) is 3.30. The van der Waals surface area contributed by atoms with Crippen molar-refractivity contribution in [1.82, 2.24) is 15.0 Å². The molecule has 152 valence electrons. The van der Waals surface area contributed by atoms with Crippen molar-refractivity contribution in [1.29, 1.82) is 0 Å². The van der Waals surface area contributed by atoms with Crippen LogP contribution in [-0.2, 0) is 9.84 Å². The smallest absolute Gasteiger partial charge is 0.220 e. The first-order valence-corrected chi connectivity index (χ1v) is 10.9. The molecule has 0 saturated carbocycles. The Kier molecular flexibility index (Phi) is 4.87. The van der Waals surface area contributed by atoms with E-state index < -0.39 is 15.1 Å². The molecule has 2 aromatic carbocycles. The normalized spacial score (nSPS) is 11.8. The first kappa shape index (κ1) is 19.8. The molecule has 0 radical (unpaired) electrons. The van der Waals surface area contributed by atoms with Gasteiger partial charge in [-0.05, 0) is 49.1 Å². The quantitative estimate of drug-likeness (QED) is 0.516. The van der Waals surface area contributed by atoms with Crippen LogP contribution in [0.4, 0.5) is 11.8 Å². The number of anilines is 2. The minimum atomic E-state index is -3.32. The summed E-state index contributed by atoms with van der Waals surface area (Å²) in [5.74, 6) is 0.598. The van der Waals surface area contributed by atoms with Crippen molar-refractivity contribution >= 4 is 32.4 Å².